The van der Waals surface area contributed by atoms with Gasteiger partial charge in [-0.25, -0.2) is 9.78 Å². The number of rotatable bonds is 8. The van der Waals surface area contributed by atoms with Crippen molar-refractivity contribution in [2.24, 2.45) is 0 Å². The van der Waals surface area contributed by atoms with Gasteiger partial charge in [-0.15, -0.1) is 11.3 Å². The van der Waals surface area contributed by atoms with Crippen LogP contribution in [0.25, 0.3) is 6.08 Å². The lowest BCUT2D eigenvalue weighted by atomic mass is 10.0. The van der Waals surface area contributed by atoms with Crippen LogP contribution >= 0.6 is 11.3 Å². The van der Waals surface area contributed by atoms with Crippen molar-refractivity contribution in [3.8, 4) is 0 Å². The van der Waals surface area contributed by atoms with Crippen LogP contribution in [0.4, 0.5) is 10.8 Å². The second kappa shape index (κ2) is 9.97. The first kappa shape index (κ1) is 22.3. The third kappa shape index (κ3) is 6.83. The molecule has 29 heavy (non-hydrogen) atoms. The zero-order valence-corrected chi connectivity index (χ0v) is 17.8. The molecule has 1 N–H and O–H groups in total. The molecule has 154 valence electrons. The minimum Gasteiger partial charge on any atom is -0.452 e. The Morgan fingerprint density at radius 3 is 2.55 bits per heavy atom. The Morgan fingerprint density at radius 1 is 1.24 bits per heavy atom. The number of nitrogens with one attached hydrogen (secondary N) is 1. The maximum atomic E-state index is 12.1. The first-order chi connectivity index (χ1) is 13.7. The average Bonchev–Trinajstić information content (AvgIpc) is 3.13. The van der Waals surface area contributed by atoms with Crippen LogP contribution in [0.5, 0.6) is 0 Å². The second-order valence-corrected chi connectivity index (χ2v) is 7.81. The van der Waals surface area contributed by atoms with E-state index >= 15 is 0 Å². The SMILES string of the molecule is CCC(C)(C)NC(=O)COC(=O)/C=C/c1csc(N(C(C)=O)c2ccccc2)n1. The molecule has 2 amide bonds. The smallest absolute Gasteiger partial charge is 0.331 e. The molecule has 1 aromatic carbocycles. The lowest BCUT2D eigenvalue weighted by Crippen LogP contribution is -2.44. The number of hydrogen-bond donors (Lipinski definition) is 1. The van der Waals surface area contributed by atoms with Crippen molar-refractivity contribution in [2.75, 3.05) is 11.5 Å². The van der Waals surface area contributed by atoms with Gasteiger partial charge in [-0.3, -0.25) is 14.5 Å². The van der Waals surface area contributed by atoms with Gasteiger partial charge >= 0.3 is 5.97 Å². The number of amides is 2. The Hall–Kier alpha value is -3.00. The van der Waals surface area contributed by atoms with Crippen LogP contribution in [0, 0.1) is 0 Å². The summed E-state index contributed by atoms with van der Waals surface area (Å²) in [5.74, 6) is -1.16. The highest BCUT2D eigenvalue weighted by Crippen LogP contribution is 2.28. The quantitative estimate of drug-likeness (QED) is 0.525. The van der Waals surface area contributed by atoms with E-state index in [0.29, 0.717) is 16.5 Å². The zero-order valence-electron chi connectivity index (χ0n) is 17.0. The van der Waals surface area contributed by atoms with Gasteiger partial charge in [-0.05, 0) is 38.5 Å². The van der Waals surface area contributed by atoms with E-state index in [2.05, 4.69) is 10.3 Å². The molecular formula is C21H25N3O4S. The van der Waals surface area contributed by atoms with Gasteiger partial charge < -0.3 is 10.1 Å². The van der Waals surface area contributed by atoms with E-state index in [1.807, 2.05) is 51.1 Å². The summed E-state index contributed by atoms with van der Waals surface area (Å²) in [7, 11) is 0. The maximum Gasteiger partial charge on any atom is 0.331 e. The van der Waals surface area contributed by atoms with E-state index < -0.39 is 5.97 Å². The summed E-state index contributed by atoms with van der Waals surface area (Å²) in [4.78, 5) is 41.6. The number of carbonyl (C=O) groups excluding carboxylic acids is 3. The minimum atomic E-state index is -0.643. The van der Waals surface area contributed by atoms with Crippen molar-refractivity contribution in [2.45, 2.75) is 39.7 Å². The maximum absolute atomic E-state index is 12.1. The third-order valence-corrected chi connectivity index (χ3v) is 4.97. The molecule has 0 bridgehead atoms. The molecule has 0 aliphatic heterocycles. The van der Waals surface area contributed by atoms with Crippen molar-refractivity contribution in [3.05, 3.63) is 47.5 Å². The van der Waals surface area contributed by atoms with Gasteiger partial charge in [0.05, 0.1) is 11.4 Å². The summed E-state index contributed by atoms with van der Waals surface area (Å²) < 4.78 is 4.95. The molecule has 0 aliphatic rings. The second-order valence-electron chi connectivity index (χ2n) is 6.97. The Morgan fingerprint density at radius 2 is 1.93 bits per heavy atom. The van der Waals surface area contributed by atoms with Gasteiger partial charge in [0.1, 0.15) is 0 Å². The van der Waals surface area contributed by atoms with Crippen molar-refractivity contribution in [1.29, 1.82) is 0 Å². The molecule has 1 heterocycles. The molecule has 0 unspecified atom stereocenters. The highest BCUT2D eigenvalue weighted by molar-refractivity contribution is 7.14. The van der Waals surface area contributed by atoms with Crippen molar-refractivity contribution >= 4 is 46.0 Å². The number of para-hydroxylation sites is 1. The third-order valence-electron chi connectivity index (χ3n) is 4.13. The number of ether oxygens (including phenoxy) is 1. The molecule has 0 radical (unpaired) electrons. The number of thiazole rings is 1. The average molecular weight is 416 g/mol. The number of nitrogens with zero attached hydrogens (tertiary/aromatic N) is 2. The van der Waals surface area contributed by atoms with Crippen LogP contribution in [0.2, 0.25) is 0 Å². The molecule has 7 nitrogen and oxygen atoms in total. The van der Waals surface area contributed by atoms with E-state index in [9.17, 15) is 14.4 Å². The lowest BCUT2D eigenvalue weighted by Gasteiger charge is -2.24. The Bertz CT molecular complexity index is 890. The fraction of sp³-hybridized carbons (Fsp3) is 0.333. The van der Waals surface area contributed by atoms with Crippen molar-refractivity contribution < 1.29 is 19.1 Å². The van der Waals surface area contributed by atoms with Crippen molar-refractivity contribution in [1.82, 2.24) is 10.3 Å². The summed E-state index contributed by atoms with van der Waals surface area (Å²) in [5.41, 5.74) is 0.878. The summed E-state index contributed by atoms with van der Waals surface area (Å²) in [5, 5.41) is 5.02. The van der Waals surface area contributed by atoms with E-state index in [0.717, 1.165) is 6.42 Å². The van der Waals surface area contributed by atoms with Crippen molar-refractivity contribution in [3.63, 3.8) is 0 Å². The molecule has 0 saturated carbocycles. The molecule has 0 aliphatic carbocycles. The predicted molar refractivity (Wildman–Crippen MR) is 114 cm³/mol. The van der Waals surface area contributed by atoms with Crippen LogP contribution in [-0.4, -0.2) is 34.9 Å². The molecule has 8 heteroatoms. The highest BCUT2D eigenvalue weighted by atomic mass is 32.1. The zero-order chi connectivity index (χ0) is 21.4. The Balaban J connectivity index is 1.96. The van der Waals surface area contributed by atoms with Gasteiger partial charge in [-0.2, -0.15) is 0 Å². The van der Waals surface area contributed by atoms with E-state index in [1.54, 1.807) is 5.38 Å². The summed E-state index contributed by atoms with van der Waals surface area (Å²) in [6.07, 6.45) is 3.45. The van der Waals surface area contributed by atoms with E-state index in [-0.39, 0.29) is 24.0 Å². The molecule has 0 atom stereocenters. The molecule has 0 fully saturated rings. The van der Waals surface area contributed by atoms with Gasteiger partial charge in [0.25, 0.3) is 5.91 Å². The summed E-state index contributed by atoms with van der Waals surface area (Å²) in [6.45, 7) is 6.87. The monoisotopic (exact) mass is 415 g/mol. The molecular weight excluding hydrogens is 390 g/mol. The predicted octanol–water partition coefficient (Wildman–Crippen LogP) is 3.69. The molecule has 2 aromatic rings. The first-order valence-corrected chi connectivity index (χ1v) is 10.1. The van der Waals surface area contributed by atoms with Crippen LogP contribution in [0.15, 0.2) is 41.8 Å². The van der Waals surface area contributed by atoms with E-state index in [1.165, 1.54) is 35.3 Å². The number of benzene rings is 1. The first-order valence-electron chi connectivity index (χ1n) is 9.19. The van der Waals surface area contributed by atoms with Gasteiger partial charge in [0.2, 0.25) is 5.91 Å². The summed E-state index contributed by atoms with van der Waals surface area (Å²) >= 11 is 1.29. The van der Waals surface area contributed by atoms with Crippen LogP contribution < -0.4 is 10.2 Å². The fourth-order valence-corrected chi connectivity index (χ4v) is 3.15. The Labute approximate surface area is 174 Å². The molecule has 1 aromatic heterocycles. The lowest BCUT2D eigenvalue weighted by molar-refractivity contribution is -0.144. The van der Waals surface area contributed by atoms with E-state index in [4.69, 9.17) is 4.74 Å². The largest absolute Gasteiger partial charge is 0.452 e. The molecule has 0 spiro atoms. The fourth-order valence-electron chi connectivity index (χ4n) is 2.30. The Kier molecular flexibility index (Phi) is 7.67. The standard InChI is InChI=1S/C21H25N3O4S/c1-5-21(3,4)23-18(26)13-28-19(27)12-11-16-14-29-20(22-16)24(15(2)25)17-9-7-6-8-10-17/h6-12,14H,5,13H2,1-4H3,(H,23,26)/b12-11+. The topological polar surface area (TPSA) is 88.6 Å². The van der Waals surface area contributed by atoms with Gasteiger partial charge in [-0.1, -0.05) is 25.1 Å². The normalized spacial score (nSPS) is 11.3. The van der Waals surface area contributed by atoms with Gasteiger partial charge in [0.15, 0.2) is 11.7 Å². The number of aromatic nitrogens is 1. The van der Waals surface area contributed by atoms with Gasteiger partial charge in [0, 0.05) is 23.9 Å². The summed E-state index contributed by atoms with van der Waals surface area (Å²) in [6, 6.07) is 9.19. The number of esters is 1. The van der Waals surface area contributed by atoms with Crippen LogP contribution in [-0.2, 0) is 19.1 Å². The number of anilines is 2. The molecule has 0 saturated heterocycles. The number of carbonyl (C=O) groups is 3. The minimum absolute atomic E-state index is 0.165. The van der Waals surface area contributed by atoms with Crippen LogP contribution in [0.3, 0.4) is 0 Å². The van der Waals surface area contributed by atoms with Crippen LogP contribution in [0.1, 0.15) is 39.8 Å². The molecule has 2 rings (SSSR count). The number of hydrogen-bond acceptors (Lipinski definition) is 6. The highest BCUT2D eigenvalue weighted by Gasteiger charge is 2.19.